The van der Waals surface area contributed by atoms with Gasteiger partial charge in [0.1, 0.15) is 0 Å². The molecule has 0 aromatic rings. The van der Waals surface area contributed by atoms with Gasteiger partial charge in [-0.1, -0.05) is 20.8 Å². The standard InChI is InChI=1S/C10H22N2/c1-6-7(2)9(4)12(11)10(5)8(6)3/h6-10H,11H2,1-5H3. The molecule has 1 heterocycles. The predicted octanol–water partition coefficient (Wildman–Crippen LogP) is 1.86. The number of hydrogen-bond acceptors (Lipinski definition) is 2. The molecule has 0 radical (unpaired) electrons. The molecule has 2 N–H and O–H groups in total. The van der Waals surface area contributed by atoms with Crippen LogP contribution in [0, 0.1) is 17.8 Å². The van der Waals surface area contributed by atoms with Crippen LogP contribution in [0.15, 0.2) is 0 Å². The van der Waals surface area contributed by atoms with Gasteiger partial charge in [0, 0.05) is 12.1 Å². The molecule has 2 heteroatoms. The Labute approximate surface area is 76.1 Å². The minimum absolute atomic E-state index is 0.520. The maximum absolute atomic E-state index is 6.00. The lowest BCUT2D eigenvalue weighted by atomic mass is 9.74. The fourth-order valence-corrected chi connectivity index (χ4v) is 2.27. The molecule has 1 aliphatic heterocycles. The van der Waals surface area contributed by atoms with E-state index in [1.807, 2.05) is 5.01 Å². The Morgan fingerprint density at radius 1 is 0.750 bits per heavy atom. The summed E-state index contributed by atoms with van der Waals surface area (Å²) in [5.74, 6) is 8.20. The van der Waals surface area contributed by atoms with E-state index < -0.39 is 0 Å². The molecule has 0 spiro atoms. The van der Waals surface area contributed by atoms with Crippen LogP contribution in [0.4, 0.5) is 0 Å². The second-order valence-electron chi connectivity index (χ2n) is 4.51. The minimum Gasteiger partial charge on any atom is -0.268 e. The molecule has 72 valence electrons. The SMILES string of the molecule is CC1C(C)C(C)N(N)C(C)C1C. The van der Waals surface area contributed by atoms with E-state index >= 15 is 0 Å². The van der Waals surface area contributed by atoms with Crippen LogP contribution in [0.3, 0.4) is 0 Å². The van der Waals surface area contributed by atoms with Crippen molar-refractivity contribution in [2.45, 2.75) is 46.7 Å². The molecule has 4 atom stereocenters. The van der Waals surface area contributed by atoms with Crippen molar-refractivity contribution in [2.24, 2.45) is 23.6 Å². The smallest absolute Gasteiger partial charge is 0.0244 e. The van der Waals surface area contributed by atoms with Crippen LogP contribution in [-0.4, -0.2) is 17.1 Å². The maximum Gasteiger partial charge on any atom is 0.0244 e. The summed E-state index contributed by atoms with van der Waals surface area (Å²) in [6, 6.07) is 1.04. The summed E-state index contributed by atoms with van der Waals surface area (Å²) >= 11 is 0. The zero-order valence-electron chi connectivity index (χ0n) is 8.91. The highest BCUT2D eigenvalue weighted by molar-refractivity contribution is 4.88. The summed E-state index contributed by atoms with van der Waals surface area (Å²) in [6.07, 6.45) is 0. The van der Waals surface area contributed by atoms with E-state index in [0.29, 0.717) is 23.9 Å². The van der Waals surface area contributed by atoms with E-state index in [2.05, 4.69) is 34.6 Å². The normalized spacial score (nSPS) is 51.0. The summed E-state index contributed by atoms with van der Waals surface area (Å²) in [6.45, 7) is 11.4. The largest absolute Gasteiger partial charge is 0.268 e. The first-order valence-electron chi connectivity index (χ1n) is 4.99. The molecule has 0 bridgehead atoms. The van der Waals surface area contributed by atoms with Crippen molar-refractivity contribution < 1.29 is 0 Å². The Morgan fingerprint density at radius 3 is 1.42 bits per heavy atom. The van der Waals surface area contributed by atoms with Crippen LogP contribution >= 0.6 is 0 Å². The quantitative estimate of drug-likeness (QED) is 0.562. The number of nitrogens with zero attached hydrogens (tertiary/aromatic N) is 1. The van der Waals surface area contributed by atoms with Crippen LogP contribution < -0.4 is 5.84 Å². The molecule has 1 aliphatic rings. The van der Waals surface area contributed by atoms with Crippen molar-refractivity contribution >= 4 is 0 Å². The topological polar surface area (TPSA) is 29.3 Å². The van der Waals surface area contributed by atoms with Crippen LogP contribution in [0.2, 0.25) is 0 Å². The number of nitrogens with two attached hydrogens (primary N) is 1. The van der Waals surface area contributed by atoms with Gasteiger partial charge < -0.3 is 0 Å². The van der Waals surface area contributed by atoms with E-state index in [1.54, 1.807) is 0 Å². The molecule has 0 aromatic carbocycles. The summed E-state index contributed by atoms with van der Waals surface area (Å²) in [7, 11) is 0. The number of hydrogen-bond donors (Lipinski definition) is 1. The Kier molecular flexibility index (Phi) is 2.79. The Bertz CT molecular complexity index is 99.4. The maximum atomic E-state index is 6.00. The molecule has 0 amide bonds. The van der Waals surface area contributed by atoms with Crippen LogP contribution in [0.5, 0.6) is 0 Å². The van der Waals surface area contributed by atoms with Gasteiger partial charge >= 0.3 is 0 Å². The van der Waals surface area contributed by atoms with Gasteiger partial charge in [0.25, 0.3) is 0 Å². The summed E-state index contributed by atoms with van der Waals surface area (Å²) in [5, 5.41) is 2.02. The van der Waals surface area contributed by atoms with E-state index in [9.17, 15) is 0 Å². The first kappa shape index (κ1) is 10.0. The fraction of sp³-hybridized carbons (Fsp3) is 1.00. The monoisotopic (exact) mass is 170 g/mol. The average molecular weight is 170 g/mol. The highest BCUT2D eigenvalue weighted by Crippen LogP contribution is 2.34. The van der Waals surface area contributed by atoms with Gasteiger partial charge in [-0.05, 0) is 31.6 Å². The molecule has 1 fully saturated rings. The number of rotatable bonds is 0. The van der Waals surface area contributed by atoms with Crippen molar-refractivity contribution in [2.75, 3.05) is 0 Å². The van der Waals surface area contributed by atoms with Crippen molar-refractivity contribution in [3.63, 3.8) is 0 Å². The highest BCUT2D eigenvalue weighted by atomic mass is 15.4. The molecule has 2 nitrogen and oxygen atoms in total. The van der Waals surface area contributed by atoms with Gasteiger partial charge in [-0.2, -0.15) is 0 Å². The molecule has 1 saturated heterocycles. The van der Waals surface area contributed by atoms with Crippen molar-refractivity contribution in [1.82, 2.24) is 5.01 Å². The first-order valence-corrected chi connectivity index (χ1v) is 4.99. The molecule has 0 aliphatic carbocycles. The van der Waals surface area contributed by atoms with E-state index in [1.165, 1.54) is 0 Å². The fourth-order valence-electron chi connectivity index (χ4n) is 2.27. The third-order valence-corrected chi connectivity index (χ3v) is 4.12. The van der Waals surface area contributed by atoms with E-state index in [4.69, 9.17) is 5.84 Å². The van der Waals surface area contributed by atoms with Crippen molar-refractivity contribution in [3.8, 4) is 0 Å². The minimum atomic E-state index is 0.520. The molecule has 4 unspecified atom stereocenters. The van der Waals surface area contributed by atoms with Crippen molar-refractivity contribution in [1.29, 1.82) is 0 Å². The second-order valence-corrected chi connectivity index (χ2v) is 4.51. The van der Waals surface area contributed by atoms with Crippen molar-refractivity contribution in [3.05, 3.63) is 0 Å². The zero-order valence-corrected chi connectivity index (χ0v) is 8.91. The summed E-state index contributed by atoms with van der Waals surface area (Å²) in [4.78, 5) is 0. The molecule has 0 aromatic heterocycles. The first-order chi connectivity index (χ1) is 5.46. The lowest BCUT2D eigenvalue weighted by Crippen LogP contribution is -2.58. The number of piperidine rings is 1. The van der Waals surface area contributed by atoms with E-state index in [-0.39, 0.29) is 0 Å². The lowest BCUT2D eigenvalue weighted by molar-refractivity contribution is -0.0122. The van der Waals surface area contributed by atoms with Gasteiger partial charge in [-0.25, -0.2) is 5.01 Å². The average Bonchev–Trinajstić information content (AvgIpc) is 2.08. The number of hydrazine groups is 1. The third-order valence-electron chi connectivity index (χ3n) is 4.12. The molecule has 0 saturated carbocycles. The van der Waals surface area contributed by atoms with Gasteiger partial charge in [-0.3, -0.25) is 5.84 Å². The van der Waals surface area contributed by atoms with Crippen LogP contribution in [-0.2, 0) is 0 Å². The molecular weight excluding hydrogens is 148 g/mol. The van der Waals surface area contributed by atoms with Gasteiger partial charge in [0.15, 0.2) is 0 Å². The summed E-state index contributed by atoms with van der Waals surface area (Å²) < 4.78 is 0. The lowest BCUT2D eigenvalue weighted by Gasteiger charge is -2.47. The van der Waals surface area contributed by atoms with E-state index in [0.717, 1.165) is 5.92 Å². The molecule has 12 heavy (non-hydrogen) atoms. The van der Waals surface area contributed by atoms with Crippen LogP contribution in [0.1, 0.15) is 34.6 Å². The second kappa shape index (κ2) is 3.35. The Balaban J connectivity index is 2.76. The molecule has 1 rings (SSSR count). The Hall–Kier alpha value is -0.0800. The van der Waals surface area contributed by atoms with Gasteiger partial charge in [0.2, 0.25) is 0 Å². The third kappa shape index (κ3) is 1.38. The molecular formula is C10H22N2. The van der Waals surface area contributed by atoms with Gasteiger partial charge in [-0.15, -0.1) is 0 Å². The summed E-state index contributed by atoms with van der Waals surface area (Å²) in [5.41, 5.74) is 0. The zero-order chi connectivity index (χ0) is 9.46. The van der Waals surface area contributed by atoms with Gasteiger partial charge in [0.05, 0.1) is 0 Å². The van der Waals surface area contributed by atoms with Crippen LogP contribution in [0.25, 0.3) is 0 Å². The Morgan fingerprint density at radius 2 is 1.08 bits per heavy atom. The highest BCUT2D eigenvalue weighted by Gasteiger charge is 2.37. The predicted molar refractivity (Wildman–Crippen MR) is 52.4 cm³/mol.